The third-order valence-electron chi connectivity index (χ3n) is 8.57. The van der Waals surface area contributed by atoms with Crippen molar-refractivity contribution in [1.82, 2.24) is 0 Å². The van der Waals surface area contributed by atoms with Crippen molar-refractivity contribution in [2.75, 3.05) is 13.2 Å². The first kappa shape index (κ1) is 20.9. The summed E-state index contributed by atoms with van der Waals surface area (Å²) in [6.07, 6.45) is 8.48. The molecule has 4 aliphatic carbocycles. The number of Topliss-reactive ketones (excluding diaryl/α,β-unsaturated/α-hetero) is 1. The summed E-state index contributed by atoms with van der Waals surface area (Å²) in [5.74, 6) is 2.99. The van der Waals surface area contributed by atoms with Crippen LogP contribution in [0.2, 0.25) is 0 Å². The van der Waals surface area contributed by atoms with Gasteiger partial charge in [-0.15, -0.1) is 12.4 Å². The molecular formula is C22H35ClN2O2. The number of hydrogen-bond donors (Lipinski definition) is 1. The number of halogens is 1. The van der Waals surface area contributed by atoms with Gasteiger partial charge in [0, 0.05) is 18.4 Å². The van der Waals surface area contributed by atoms with Crippen LogP contribution in [0.4, 0.5) is 0 Å². The zero-order valence-corrected chi connectivity index (χ0v) is 17.7. The number of carbonyl (C=O) groups is 1. The van der Waals surface area contributed by atoms with E-state index >= 15 is 0 Å². The molecule has 4 saturated carbocycles. The summed E-state index contributed by atoms with van der Waals surface area (Å²) in [5, 5.41) is 4.36. The van der Waals surface area contributed by atoms with E-state index < -0.39 is 0 Å². The molecule has 152 valence electrons. The molecule has 0 aromatic heterocycles. The van der Waals surface area contributed by atoms with Crippen molar-refractivity contribution in [3.8, 4) is 0 Å². The fraction of sp³-hybridized carbons (Fsp3) is 0.818. The van der Waals surface area contributed by atoms with Crippen LogP contribution in [-0.2, 0) is 9.63 Å². The number of carbonyl (C=O) groups excluding carboxylic acids is 1. The van der Waals surface area contributed by atoms with Gasteiger partial charge in [-0.05, 0) is 74.0 Å². The van der Waals surface area contributed by atoms with E-state index in [-0.39, 0.29) is 17.8 Å². The molecule has 2 N–H and O–H groups in total. The van der Waals surface area contributed by atoms with E-state index in [1.54, 1.807) is 0 Å². The summed E-state index contributed by atoms with van der Waals surface area (Å²) >= 11 is 0. The lowest BCUT2D eigenvalue weighted by Crippen LogP contribution is -2.54. The van der Waals surface area contributed by atoms with Gasteiger partial charge in [0.1, 0.15) is 12.4 Å². The molecule has 0 amide bonds. The summed E-state index contributed by atoms with van der Waals surface area (Å²) in [5.41, 5.74) is 8.32. The minimum Gasteiger partial charge on any atom is -0.395 e. The Bertz CT molecular complexity index is 648. The Labute approximate surface area is 169 Å². The van der Waals surface area contributed by atoms with E-state index in [1.165, 1.54) is 24.1 Å². The molecule has 4 fully saturated rings. The SMILES string of the molecule is C=C1C[C@@H]2[C@H](CC[C@]3(C)C(=O)CC[C@@H]23)[C@@]2(C)CC/C(=N\OCCN)CC12.Cl. The highest BCUT2D eigenvalue weighted by atomic mass is 35.5. The maximum absolute atomic E-state index is 12.6. The number of oxime groups is 1. The Morgan fingerprint density at radius 1 is 1.19 bits per heavy atom. The van der Waals surface area contributed by atoms with Crippen LogP contribution in [0.1, 0.15) is 65.2 Å². The van der Waals surface area contributed by atoms with E-state index in [1.807, 2.05) is 0 Å². The second kappa shape index (κ2) is 7.51. The fourth-order valence-electron chi connectivity index (χ4n) is 7.09. The number of fused-ring (bicyclic) bond motifs is 5. The molecule has 0 aromatic carbocycles. The van der Waals surface area contributed by atoms with E-state index in [4.69, 9.17) is 10.6 Å². The minimum absolute atomic E-state index is 0. The molecule has 1 unspecified atom stereocenters. The number of rotatable bonds is 3. The van der Waals surface area contributed by atoms with Gasteiger partial charge in [-0.2, -0.15) is 0 Å². The van der Waals surface area contributed by atoms with Gasteiger partial charge in [0.2, 0.25) is 0 Å². The third kappa shape index (κ3) is 3.17. The van der Waals surface area contributed by atoms with Crippen LogP contribution in [0.3, 0.4) is 0 Å². The quantitative estimate of drug-likeness (QED) is 0.435. The highest BCUT2D eigenvalue weighted by Crippen LogP contribution is 2.66. The molecule has 4 nitrogen and oxygen atoms in total. The van der Waals surface area contributed by atoms with Gasteiger partial charge < -0.3 is 10.6 Å². The number of allylic oxidation sites excluding steroid dienone is 1. The first-order chi connectivity index (χ1) is 12.4. The van der Waals surface area contributed by atoms with Crippen LogP contribution < -0.4 is 5.73 Å². The maximum atomic E-state index is 12.6. The number of nitrogens with two attached hydrogens (primary N) is 1. The van der Waals surface area contributed by atoms with Crippen molar-refractivity contribution in [3.63, 3.8) is 0 Å². The number of hydrogen-bond acceptors (Lipinski definition) is 4. The van der Waals surface area contributed by atoms with Crippen molar-refractivity contribution >= 4 is 23.9 Å². The molecule has 0 saturated heterocycles. The van der Waals surface area contributed by atoms with Gasteiger partial charge in [-0.25, -0.2) is 0 Å². The third-order valence-corrected chi connectivity index (χ3v) is 8.57. The van der Waals surface area contributed by atoms with Crippen LogP contribution in [0, 0.1) is 34.5 Å². The number of ketones is 1. The van der Waals surface area contributed by atoms with E-state index in [2.05, 4.69) is 25.6 Å². The van der Waals surface area contributed by atoms with Crippen molar-refractivity contribution in [1.29, 1.82) is 0 Å². The topological polar surface area (TPSA) is 64.7 Å². The van der Waals surface area contributed by atoms with Gasteiger partial charge in [-0.3, -0.25) is 4.79 Å². The Morgan fingerprint density at radius 2 is 1.96 bits per heavy atom. The van der Waals surface area contributed by atoms with Crippen molar-refractivity contribution in [2.24, 2.45) is 45.4 Å². The van der Waals surface area contributed by atoms with Crippen molar-refractivity contribution in [2.45, 2.75) is 65.2 Å². The van der Waals surface area contributed by atoms with Gasteiger partial charge >= 0.3 is 0 Å². The highest BCUT2D eigenvalue weighted by Gasteiger charge is 2.60. The number of nitrogens with zero attached hydrogens (tertiary/aromatic N) is 1. The zero-order valence-electron chi connectivity index (χ0n) is 16.8. The zero-order chi connectivity index (χ0) is 18.5. The molecule has 0 heterocycles. The van der Waals surface area contributed by atoms with Crippen molar-refractivity contribution < 1.29 is 9.63 Å². The molecule has 5 heteroatoms. The predicted octanol–water partition coefficient (Wildman–Crippen LogP) is 4.52. The lowest BCUT2D eigenvalue weighted by molar-refractivity contribution is -0.134. The van der Waals surface area contributed by atoms with Crippen LogP contribution >= 0.6 is 12.4 Å². The molecule has 4 aliphatic rings. The molecular weight excluding hydrogens is 360 g/mol. The standard InChI is InChI=1S/C22H34N2O2.ClH/c1-14-12-16-17-4-5-20(25)22(17,3)9-7-18(16)21(2)8-6-15(13-19(14)21)24-26-11-10-23;/h16-19H,1,4-13,23H2,2-3H3;1H/b24-15+;/t16-,17-,18-,19?,21+,22-;/m0./s1. The average molecular weight is 395 g/mol. The second-order valence-corrected chi connectivity index (χ2v) is 9.70. The Kier molecular flexibility index (Phi) is 5.80. The first-order valence-corrected chi connectivity index (χ1v) is 10.5. The maximum Gasteiger partial charge on any atom is 0.139 e. The monoisotopic (exact) mass is 394 g/mol. The van der Waals surface area contributed by atoms with Gasteiger partial charge in [0.05, 0.1) is 5.71 Å². The molecule has 0 aliphatic heterocycles. The van der Waals surface area contributed by atoms with Crippen LogP contribution in [-0.4, -0.2) is 24.6 Å². The van der Waals surface area contributed by atoms with Crippen LogP contribution in [0.5, 0.6) is 0 Å². The Hall–Kier alpha value is -0.870. The summed E-state index contributed by atoms with van der Waals surface area (Å²) < 4.78 is 0. The Balaban J connectivity index is 0.00000210. The summed E-state index contributed by atoms with van der Waals surface area (Å²) in [7, 11) is 0. The normalized spacial score (nSPS) is 44.9. The van der Waals surface area contributed by atoms with Gasteiger partial charge in [0.15, 0.2) is 0 Å². The molecule has 0 bridgehead atoms. The second-order valence-electron chi connectivity index (χ2n) is 9.70. The Morgan fingerprint density at radius 3 is 2.70 bits per heavy atom. The van der Waals surface area contributed by atoms with Crippen LogP contribution in [0.15, 0.2) is 17.3 Å². The molecule has 0 aromatic rings. The van der Waals surface area contributed by atoms with Crippen LogP contribution in [0.25, 0.3) is 0 Å². The van der Waals surface area contributed by atoms with Crippen molar-refractivity contribution in [3.05, 3.63) is 12.2 Å². The lowest BCUT2D eigenvalue weighted by Gasteiger charge is -2.60. The van der Waals surface area contributed by atoms with Gasteiger partial charge in [0.25, 0.3) is 0 Å². The summed E-state index contributed by atoms with van der Waals surface area (Å²) in [4.78, 5) is 17.9. The molecule has 0 spiro atoms. The first-order valence-electron chi connectivity index (χ1n) is 10.5. The molecule has 0 radical (unpaired) electrons. The summed E-state index contributed by atoms with van der Waals surface area (Å²) in [6.45, 7) is 10.3. The van der Waals surface area contributed by atoms with E-state index in [0.29, 0.717) is 42.1 Å². The molecule has 27 heavy (non-hydrogen) atoms. The highest BCUT2D eigenvalue weighted by molar-refractivity contribution is 5.87. The average Bonchev–Trinajstić information content (AvgIpc) is 2.92. The molecule has 6 atom stereocenters. The summed E-state index contributed by atoms with van der Waals surface area (Å²) in [6, 6.07) is 0. The van der Waals surface area contributed by atoms with E-state index in [9.17, 15) is 4.79 Å². The largest absolute Gasteiger partial charge is 0.395 e. The fourth-order valence-corrected chi connectivity index (χ4v) is 7.09. The minimum atomic E-state index is -0.0536. The smallest absolute Gasteiger partial charge is 0.139 e. The molecule has 4 rings (SSSR count). The predicted molar refractivity (Wildman–Crippen MR) is 111 cm³/mol. The van der Waals surface area contributed by atoms with Gasteiger partial charge in [-0.1, -0.05) is 31.2 Å². The van der Waals surface area contributed by atoms with E-state index in [0.717, 1.165) is 44.4 Å². The lowest BCUT2D eigenvalue weighted by atomic mass is 9.44.